The Morgan fingerprint density at radius 2 is 2.00 bits per heavy atom. The van der Waals surface area contributed by atoms with Crippen LogP contribution in [-0.4, -0.2) is 21.9 Å². The zero-order valence-corrected chi connectivity index (χ0v) is 11.5. The van der Waals surface area contributed by atoms with E-state index < -0.39 is 5.60 Å². The maximum absolute atomic E-state index is 10.6. The Balaban J connectivity index is 2.33. The molecule has 1 saturated carbocycles. The van der Waals surface area contributed by atoms with Gasteiger partial charge in [0.05, 0.1) is 11.7 Å². The van der Waals surface area contributed by atoms with Gasteiger partial charge in [-0.3, -0.25) is 0 Å². The van der Waals surface area contributed by atoms with E-state index in [-0.39, 0.29) is 17.4 Å². The van der Waals surface area contributed by atoms with Crippen LogP contribution in [0.3, 0.4) is 0 Å². The summed E-state index contributed by atoms with van der Waals surface area (Å²) in [7, 11) is 0. The van der Waals surface area contributed by atoms with Crippen LogP contribution in [0.1, 0.15) is 53.4 Å². The molecule has 0 amide bonds. The monoisotopic (exact) mass is 238 g/mol. The van der Waals surface area contributed by atoms with Crippen molar-refractivity contribution in [2.45, 2.75) is 65.1 Å². The molecule has 0 radical (unpaired) electrons. The van der Waals surface area contributed by atoms with Crippen LogP contribution >= 0.6 is 0 Å². The molecule has 0 bridgehead atoms. The van der Waals surface area contributed by atoms with Gasteiger partial charge in [0.1, 0.15) is 0 Å². The average molecular weight is 238 g/mol. The zero-order valence-electron chi connectivity index (χ0n) is 11.5. The Morgan fingerprint density at radius 1 is 1.35 bits per heavy atom. The molecule has 2 aliphatic carbocycles. The fourth-order valence-electron chi connectivity index (χ4n) is 3.75. The van der Waals surface area contributed by atoms with E-state index in [9.17, 15) is 10.2 Å². The number of hydrogen-bond donors (Lipinski definition) is 2. The van der Waals surface area contributed by atoms with E-state index in [0.717, 1.165) is 25.7 Å². The third-order valence-electron chi connectivity index (χ3n) is 5.22. The lowest BCUT2D eigenvalue weighted by Crippen LogP contribution is -2.56. The van der Waals surface area contributed by atoms with Gasteiger partial charge in [0.2, 0.25) is 0 Å². The first-order valence-corrected chi connectivity index (χ1v) is 6.87. The van der Waals surface area contributed by atoms with Crippen molar-refractivity contribution >= 4 is 0 Å². The molecule has 2 nitrogen and oxygen atoms in total. The van der Waals surface area contributed by atoms with Crippen molar-refractivity contribution in [1.29, 1.82) is 0 Å². The predicted octanol–water partition coefficient (Wildman–Crippen LogP) is 2.89. The van der Waals surface area contributed by atoms with Crippen LogP contribution in [0.2, 0.25) is 0 Å². The van der Waals surface area contributed by atoms with Gasteiger partial charge in [-0.05, 0) is 44.4 Å². The van der Waals surface area contributed by atoms with Crippen molar-refractivity contribution < 1.29 is 10.2 Å². The second-order valence-electron chi connectivity index (χ2n) is 6.81. The molecule has 0 unspecified atom stereocenters. The van der Waals surface area contributed by atoms with E-state index in [0.29, 0.717) is 5.92 Å². The van der Waals surface area contributed by atoms with Gasteiger partial charge in [0.15, 0.2) is 0 Å². The van der Waals surface area contributed by atoms with Crippen molar-refractivity contribution in [3.05, 3.63) is 11.6 Å². The molecule has 0 aromatic heterocycles. The molecule has 2 rings (SSSR count). The van der Waals surface area contributed by atoms with Gasteiger partial charge in [0.25, 0.3) is 0 Å². The summed E-state index contributed by atoms with van der Waals surface area (Å²) in [5.41, 5.74) is 0.685. The summed E-state index contributed by atoms with van der Waals surface area (Å²) in [6.45, 7) is 8.51. The summed E-state index contributed by atoms with van der Waals surface area (Å²) in [5.74, 6) is 0.746. The summed E-state index contributed by atoms with van der Waals surface area (Å²) < 4.78 is 0. The van der Waals surface area contributed by atoms with E-state index in [4.69, 9.17) is 0 Å². The summed E-state index contributed by atoms with van der Waals surface area (Å²) >= 11 is 0. The molecule has 0 spiro atoms. The highest BCUT2D eigenvalue weighted by atomic mass is 16.3. The van der Waals surface area contributed by atoms with E-state index in [1.807, 2.05) is 6.92 Å². The molecule has 0 aromatic rings. The van der Waals surface area contributed by atoms with Gasteiger partial charge >= 0.3 is 0 Å². The minimum Gasteiger partial charge on any atom is -0.393 e. The van der Waals surface area contributed by atoms with Crippen LogP contribution in [-0.2, 0) is 0 Å². The smallest absolute Gasteiger partial charge is 0.0658 e. The Hall–Kier alpha value is -0.340. The molecule has 17 heavy (non-hydrogen) atoms. The predicted molar refractivity (Wildman–Crippen MR) is 69.6 cm³/mol. The molecule has 98 valence electrons. The van der Waals surface area contributed by atoms with Crippen LogP contribution in [0.25, 0.3) is 0 Å². The molecular weight excluding hydrogens is 212 g/mol. The highest BCUT2D eigenvalue weighted by Crippen LogP contribution is 2.54. The molecule has 1 fully saturated rings. The molecule has 0 aromatic carbocycles. The third-order valence-corrected chi connectivity index (χ3v) is 5.22. The largest absolute Gasteiger partial charge is 0.393 e. The van der Waals surface area contributed by atoms with Gasteiger partial charge in [-0.25, -0.2) is 0 Å². The van der Waals surface area contributed by atoms with Crippen LogP contribution in [0, 0.1) is 17.3 Å². The lowest BCUT2D eigenvalue weighted by Gasteiger charge is -2.54. The maximum atomic E-state index is 10.6. The third kappa shape index (κ3) is 2.06. The second kappa shape index (κ2) is 4.10. The lowest BCUT2D eigenvalue weighted by atomic mass is 9.54. The fourth-order valence-corrected chi connectivity index (χ4v) is 3.75. The second-order valence-corrected chi connectivity index (χ2v) is 6.81. The molecule has 2 aliphatic rings. The highest BCUT2D eigenvalue weighted by Gasteiger charge is 2.53. The van der Waals surface area contributed by atoms with Crippen LogP contribution in [0.5, 0.6) is 0 Å². The van der Waals surface area contributed by atoms with Crippen molar-refractivity contribution in [2.24, 2.45) is 17.3 Å². The maximum Gasteiger partial charge on any atom is 0.0658 e. The number of aliphatic hydroxyl groups excluding tert-OH is 1. The normalized spacial score (nSPS) is 46.6. The van der Waals surface area contributed by atoms with Crippen molar-refractivity contribution in [2.75, 3.05) is 0 Å². The van der Waals surface area contributed by atoms with Gasteiger partial charge in [0, 0.05) is 5.41 Å². The molecule has 2 heteroatoms. The fraction of sp³-hybridized carbons (Fsp3) is 0.867. The average Bonchev–Trinajstić information content (AvgIpc) is 2.24. The SMILES string of the molecule is CC(C)C1=CC[C@@]2(C)[C@H](O)CC[C@](C)(O)[C@H]2C1. The van der Waals surface area contributed by atoms with E-state index in [1.165, 1.54) is 5.57 Å². The standard InChI is InChI=1S/C15H26O2/c1-10(2)11-5-7-14(3)12(9-11)15(4,17)8-6-13(14)16/h5,10,12-13,16-17H,6-9H2,1-4H3/t12-,13+,14+,15-/m0/s1. The Bertz CT molecular complexity index is 330. The first-order chi connectivity index (χ1) is 7.77. The Labute approximate surface area is 105 Å². The zero-order chi connectivity index (χ0) is 12.8. The quantitative estimate of drug-likeness (QED) is 0.690. The molecule has 2 N–H and O–H groups in total. The van der Waals surface area contributed by atoms with E-state index >= 15 is 0 Å². The highest BCUT2D eigenvalue weighted by molar-refractivity contribution is 5.19. The first kappa shape index (κ1) is 13.1. The van der Waals surface area contributed by atoms with Crippen molar-refractivity contribution in [1.82, 2.24) is 0 Å². The molecule has 0 saturated heterocycles. The van der Waals surface area contributed by atoms with Gasteiger partial charge < -0.3 is 10.2 Å². The number of fused-ring (bicyclic) bond motifs is 1. The van der Waals surface area contributed by atoms with Crippen LogP contribution in [0.4, 0.5) is 0 Å². The summed E-state index contributed by atoms with van der Waals surface area (Å²) in [4.78, 5) is 0. The van der Waals surface area contributed by atoms with Crippen LogP contribution in [0.15, 0.2) is 11.6 Å². The van der Waals surface area contributed by atoms with Gasteiger partial charge in [-0.2, -0.15) is 0 Å². The number of hydrogen-bond acceptors (Lipinski definition) is 2. The summed E-state index contributed by atoms with van der Waals surface area (Å²) in [6, 6.07) is 0. The number of rotatable bonds is 1. The van der Waals surface area contributed by atoms with Crippen molar-refractivity contribution in [3.63, 3.8) is 0 Å². The summed E-state index contributed by atoms with van der Waals surface area (Å²) in [6.07, 6.45) is 5.33. The lowest BCUT2D eigenvalue weighted by molar-refractivity contribution is -0.152. The molecular formula is C15H26O2. The van der Waals surface area contributed by atoms with E-state index in [1.54, 1.807) is 0 Å². The number of allylic oxidation sites excluding steroid dienone is 2. The Kier molecular flexibility index (Phi) is 3.16. The molecule has 0 heterocycles. The first-order valence-electron chi connectivity index (χ1n) is 6.87. The molecule has 4 atom stereocenters. The molecule has 0 aliphatic heterocycles. The van der Waals surface area contributed by atoms with Crippen LogP contribution < -0.4 is 0 Å². The summed E-state index contributed by atoms with van der Waals surface area (Å²) in [5, 5.41) is 20.9. The topological polar surface area (TPSA) is 40.5 Å². The number of aliphatic hydroxyl groups is 2. The van der Waals surface area contributed by atoms with Gasteiger partial charge in [-0.1, -0.05) is 32.4 Å². The van der Waals surface area contributed by atoms with E-state index in [2.05, 4.69) is 26.8 Å². The minimum absolute atomic E-state index is 0.139. The van der Waals surface area contributed by atoms with Gasteiger partial charge in [-0.15, -0.1) is 0 Å². The Morgan fingerprint density at radius 3 is 2.59 bits per heavy atom. The minimum atomic E-state index is -0.623. The van der Waals surface area contributed by atoms with Crippen molar-refractivity contribution in [3.8, 4) is 0 Å².